The largest absolute Gasteiger partial charge is 0.309 e. The molecule has 0 aliphatic carbocycles. The Balaban J connectivity index is 2.16. The first-order chi connectivity index (χ1) is 9.63. The van der Waals surface area contributed by atoms with E-state index in [-0.39, 0.29) is 0 Å². The second-order valence-corrected chi connectivity index (χ2v) is 6.41. The van der Waals surface area contributed by atoms with E-state index < -0.39 is 0 Å². The standard InChI is InChI=1S/C18H30N2/c1-5-19-18(17-9-7-6-8-10-17)16(4)20-13-14(2)11-12-15(20)3/h6-10,14-16,18-19H,5,11-13H2,1-4H3. The van der Waals surface area contributed by atoms with Gasteiger partial charge in [-0.25, -0.2) is 0 Å². The van der Waals surface area contributed by atoms with Gasteiger partial charge in [-0.15, -0.1) is 0 Å². The minimum absolute atomic E-state index is 0.425. The molecule has 4 atom stereocenters. The molecular formula is C18H30N2. The predicted molar refractivity (Wildman–Crippen MR) is 86.9 cm³/mol. The number of rotatable bonds is 5. The van der Waals surface area contributed by atoms with Crippen LogP contribution in [0.4, 0.5) is 0 Å². The van der Waals surface area contributed by atoms with Crippen molar-refractivity contribution in [3.05, 3.63) is 35.9 Å². The fourth-order valence-electron chi connectivity index (χ4n) is 3.53. The summed E-state index contributed by atoms with van der Waals surface area (Å²) in [6, 6.07) is 12.6. The van der Waals surface area contributed by atoms with Crippen molar-refractivity contribution in [3.8, 4) is 0 Å². The third-order valence-electron chi connectivity index (χ3n) is 4.75. The fourth-order valence-corrected chi connectivity index (χ4v) is 3.53. The zero-order valence-electron chi connectivity index (χ0n) is 13.5. The number of likely N-dealkylation sites (N-methyl/N-ethyl adjacent to an activating group) is 1. The van der Waals surface area contributed by atoms with Crippen LogP contribution in [0.1, 0.15) is 52.1 Å². The first-order valence-corrected chi connectivity index (χ1v) is 8.17. The zero-order chi connectivity index (χ0) is 14.5. The molecule has 2 heteroatoms. The van der Waals surface area contributed by atoms with Gasteiger partial charge in [0, 0.05) is 24.7 Å². The predicted octanol–water partition coefficient (Wildman–Crippen LogP) is 3.85. The molecule has 1 fully saturated rings. The molecule has 2 nitrogen and oxygen atoms in total. The smallest absolute Gasteiger partial charge is 0.0475 e. The average Bonchev–Trinajstić information content (AvgIpc) is 2.47. The number of likely N-dealkylation sites (tertiary alicyclic amines) is 1. The van der Waals surface area contributed by atoms with Crippen LogP contribution >= 0.6 is 0 Å². The summed E-state index contributed by atoms with van der Waals surface area (Å²) in [6.07, 6.45) is 2.71. The van der Waals surface area contributed by atoms with E-state index in [1.165, 1.54) is 24.9 Å². The SMILES string of the molecule is CCNC(c1ccccc1)C(C)N1CC(C)CCC1C. The lowest BCUT2D eigenvalue weighted by atomic mass is 9.90. The van der Waals surface area contributed by atoms with Crippen molar-refractivity contribution in [2.24, 2.45) is 5.92 Å². The molecular weight excluding hydrogens is 244 g/mol. The minimum atomic E-state index is 0.425. The molecule has 0 saturated carbocycles. The first kappa shape index (κ1) is 15.5. The number of piperidine rings is 1. The molecule has 1 aliphatic heterocycles. The Labute approximate surface area is 124 Å². The van der Waals surface area contributed by atoms with Gasteiger partial charge in [-0.2, -0.15) is 0 Å². The molecule has 1 aromatic rings. The molecule has 1 aliphatic rings. The summed E-state index contributed by atoms with van der Waals surface area (Å²) in [5.74, 6) is 0.826. The van der Waals surface area contributed by atoms with E-state index in [4.69, 9.17) is 0 Å². The van der Waals surface area contributed by atoms with E-state index in [0.717, 1.165) is 12.5 Å². The summed E-state index contributed by atoms with van der Waals surface area (Å²) < 4.78 is 0. The van der Waals surface area contributed by atoms with E-state index >= 15 is 0 Å². The van der Waals surface area contributed by atoms with Crippen molar-refractivity contribution in [3.63, 3.8) is 0 Å². The van der Waals surface area contributed by atoms with E-state index in [9.17, 15) is 0 Å². The Morgan fingerprint density at radius 1 is 1.20 bits per heavy atom. The normalized spacial score (nSPS) is 27.2. The van der Waals surface area contributed by atoms with Crippen LogP contribution in [0.5, 0.6) is 0 Å². The zero-order valence-corrected chi connectivity index (χ0v) is 13.5. The van der Waals surface area contributed by atoms with E-state index in [2.05, 4.69) is 68.2 Å². The molecule has 1 aromatic carbocycles. The fraction of sp³-hybridized carbons (Fsp3) is 0.667. The van der Waals surface area contributed by atoms with Crippen molar-refractivity contribution < 1.29 is 0 Å². The molecule has 1 heterocycles. The van der Waals surface area contributed by atoms with Crippen LogP contribution in [-0.4, -0.2) is 30.1 Å². The monoisotopic (exact) mass is 274 g/mol. The van der Waals surface area contributed by atoms with Gasteiger partial charge in [0.2, 0.25) is 0 Å². The molecule has 0 bridgehead atoms. The Bertz CT molecular complexity index is 390. The lowest BCUT2D eigenvalue weighted by Crippen LogP contribution is -2.51. The summed E-state index contributed by atoms with van der Waals surface area (Å²) in [4.78, 5) is 2.70. The number of nitrogens with one attached hydrogen (secondary N) is 1. The van der Waals surface area contributed by atoms with Crippen molar-refractivity contribution in [2.45, 2.75) is 58.7 Å². The molecule has 0 aromatic heterocycles. The van der Waals surface area contributed by atoms with Gasteiger partial charge in [0.15, 0.2) is 0 Å². The first-order valence-electron chi connectivity index (χ1n) is 8.17. The molecule has 4 unspecified atom stereocenters. The third-order valence-corrected chi connectivity index (χ3v) is 4.75. The highest BCUT2D eigenvalue weighted by Gasteiger charge is 2.31. The van der Waals surface area contributed by atoms with Gasteiger partial charge in [0.25, 0.3) is 0 Å². The molecule has 0 radical (unpaired) electrons. The lowest BCUT2D eigenvalue weighted by molar-refractivity contribution is 0.0655. The molecule has 2 rings (SSSR count). The number of hydrogen-bond donors (Lipinski definition) is 1. The van der Waals surface area contributed by atoms with E-state index in [0.29, 0.717) is 18.1 Å². The van der Waals surface area contributed by atoms with Crippen molar-refractivity contribution in [2.75, 3.05) is 13.1 Å². The van der Waals surface area contributed by atoms with Gasteiger partial charge >= 0.3 is 0 Å². The van der Waals surface area contributed by atoms with Gasteiger partial charge in [-0.05, 0) is 44.7 Å². The molecule has 1 saturated heterocycles. The van der Waals surface area contributed by atoms with Crippen LogP contribution in [0.3, 0.4) is 0 Å². The summed E-state index contributed by atoms with van der Waals surface area (Å²) in [5.41, 5.74) is 1.41. The highest BCUT2D eigenvalue weighted by Crippen LogP contribution is 2.29. The van der Waals surface area contributed by atoms with Gasteiger partial charge in [0.1, 0.15) is 0 Å². The van der Waals surface area contributed by atoms with Crippen LogP contribution in [0, 0.1) is 5.92 Å². The summed E-state index contributed by atoms with van der Waals surface area (Å²) in [6.45, 7) is 11.6. The highest BCUT2D eigenvalue weighted by molar-refractivity contribution is 5.20. The topological polar surface area (TPSA) is 15.3 Å². The van der Waals surface area contributed by atoms with Crippen LogP contribution in [0.15, 0.2) is 30.3 Å². The van der Waals surface area contributed by atoms with E-state index in [1.807, 2.05) is 0 Å². The number of benzene rings is 1. The minimum Gasteiger partial charge on any atom is -0.309 e. The maximum absolute atomic E-state index is 3.69. The summed E-state index contributed by atoms with van der Waals surface area (Å²) in [5, 5.41) is 3.69. The molecule has 0 spiro atoms. The number of nitrogens with zero attached hydrogens (tertiary/aromatic N) is 1. The van der Waals surface area contributed by atoms with Crippen molar-refractivity contribution in [1.82, 2.24) is 10.2 Å². The average molecular weight is 274 g/mol. The Morgan fingerprint density at radius 3 is 2.55 bits per heavy atom. The van der Waals surface area contributed by atoms with Crippen LogP contribution in [0.2, 0.25) is 0 Å². The van der Waals surface area contributed by atoms with E-state index in [1.54, 1.807) is 0 Å². The molecule has 1 N–H and O–H groups in total. The Hall–Kier alpha value is -0.860. The Morgan fingerprint density at radius 2 is 1.90 bits per heavy atom. The van der Waals surface area contributed by atoms with Gasteiger partial charge < -0.3 is 5.32 Å². The quantitative estimate of drug-likeness (QED) is 0.877. The highest BCUT2D eigenvalue weighted by atomic mass is 15.2. The van der Waals surface area contributed by atoms with Crippen LogP contribution in [-0.2, 0) is 0 Å². The van der Waals surface area contributed by atoms with Crippen molar-refractivity contribution in [1.29, 1.82) is 0 Å². The van der Waals surface area contributed by atoms with Gasteiger partial charge in [0.05, 0.1) is 0 Å². The number of hydrogen-bond acceptors (Lipinski definition) is 2. The maximum Gasteiger partial charge on any atom is 0.0475 e. The second-order valence-electron chi connectivity index (χ2n) is 6.41. The maximum atomic E-state index is 3.69. The van der Waals surface area contributed by atoms with Crippen LogP contribution < -0.4 is 5.32 Å². The van der Waals surface area contributed by atoms with Gasteiger partial charge in [-0.1, -0.05) is 44.2 Å². The van der Waals surface area contributed by atoms with Gasteiger partial charge in [-0.3, -0.25) is 4.90 Å². The third kappa shape index (κ3) is 3.62. The second kappa shape index (κ2) is 7.24. The molecule has 0 amide bonds. The Kier molecular flexibility index (Phi) is 5.62. The summed E-state index contributed by atoms with van der Waals surface area (Å²) in [7, 11) is 0. The molecule has 20 heavy (non-hydrogen) atoms. The summed E-state index contributed by atoms with van der Waals surface area (Å²) >= 11 is 0. The molecule has 112 valence electrons. The van der Waals surface area contributed by atoms with Crippen molar-refractivity contribution >= 4 is 0 Å². The van der Waals surface area contributed by atoms with Crippen LogP contribution in [0.25, 0.3) is 0 Å². The lowest BCUT2D eigenvalue weighted by Gasteiger charge is -2.44.